The van der Waals surface area contributed by atoms with Gasteiger partial charge in [-0.3, -0.25) is 9.69 Å². The highest BCUT2D eigenvalue weighted by Crippen LogP contribution is 2.40. The number of nitrogens with zero attached hydrogens (tertiary/aromatic N) is 2. The fourth-order valence-electron chi connectivity index (χ4n) is 4.34. The fourth-order valence-corrected chi connectivity index (χ4v) is 4.34. The summed E-state index contributed by atoms with van der Waals surface area (Å²) in [5, 5.41) is 9.59. The molecule has 0 amide bonds. The molecule has 4 rings (SSSR count). The Bertz CT molecular complexity index is 776. The van der Waals surface area contributed by atoms with Crippen LogP contribution in [0.1, 0.15) is 38.0 Å². The first-order valence-corrected chi connectivity index (χ1v) is 8.81. The second kappa shape index (κ2) is 6.59. The number of carboxylic acid groups (broad SMARTS) is 1. The monoisotopic (exact) mass is 344 g/mol. The third kappa shape index (κ3) is 3.18. The number of carbonyl (C=O) groups is 1. The summed E-state index contributed by atoms with van der Waals surface area (Å²) in [7, 11) is 0. The van der Waals surface area contributed by atoms with Crippen molar-refractivity contribution in [2.75, 3.05) is 0 Å². The molecule has 1 aliphatic heterocycles. The van der Waals surface area contributed by atoms with Crippen LogP contribution < -0.4 is 0 Å². The van der Waals surface area contributed by atoms with Gasteiger partial charge in [0.2, 0.25) is 5.89 Å². The van der Waals surface area contributed by atoms with Gasteiger partial charge < -0.3 is 9.52 Å². The number of aromatic nitrogens is 1. The van der Waals surface area contributed by atoms with E-state index in [-0.39, 0.29) is 5.82 Å². The van der Waals surface area contributed by atoms with E-state index in [0.29, 0.717) is 42.1 Å². The highest BCUT2D eigenvalue weighted by Gasteiger charge is 2.45. The van der Waals surface area contributed by atoms with E-state index in [4.69, 9.17) is 4.42 Å². The maximum absolute atomic E-state index is 13.4. The number of hydrogen-bond donors (Lipinski definition) is 1. The van der Waals surface area contributed by atoms with Crippen LogP contribution in [0, 0.1) is 11.7 Å². The molecule has 5 nitrogen and oxygen atoms in total. The van der Waals surface area contributed by atoms with Crippen LogP contribution in [0.2, 0.25) is 0 Å². The van der Waals surface area contributed by atoms with Crippen molar-refractivity contribution < 1.29 is 18.7 Å². The zero-order chi connectivity index (χ0) is 17.4. The Morgan fingerprint density at radius 2 is 2.20 bits per heavy atom. The SMILES string of the molecule is O=C(O)C1CC2CCCCC2N1Cc1ncc(-c2cccc(F)c2)o1. The third-order valence-electron chi connectivity index (χ3n) is 5.49. The lowest BCUT2D eigenvalue weighted by molar-refractivity contribution is -0.143. The van der Waals surface area contributed by atoms with Crippen molar-refractivity contribution in [3.8, 4) is 11.3 Å². The number of benzene rings is 1. The average Bonchev–Trinajstić information content (AvgIpc) is 3.21. The molecule has 0 radical (unpaired) electrons. The molecule has 1 aromatic heterocycles. The van der Waals surface area contributed by atoms with E-state index in [1.807, 2.05) is 4.90 Å². The molecule has 1 N–H and O–H groups in total. The van der Waals surface area contributed by atoms with Crippen molar-refractivity contribution in [2.45, 2.75) is 50.7 Å². The van der Waals surface area contributed by atoms with Gasteiger partial charge in [0, 0.05) is 11.6 Å². The molecule has 1 aliphatic carbocycles. The number of halogens is 1. The number of aliphatic carboxylic acids is 1. The normalized spacial score (nSPS) is 26.5. The molecule has 2 fully saturated rings. The van der Waals surface area contributed by atoms with Gasteiger partial charge in [-0.2, -0.15) is 0 Å². The molecule has 6 heteroatoms. The van der Waals surface area contributed by atoms with Crippen LogP contribution in [0.3, 0.4) is 0 Å². The van der Waals surface area contributed by atoms with E-state index in [1.54, 1.807) is 18.3 Å². The molecular weight excluding hydrogens is 323 g/mol. The molecule has 132 valence electrons. The van der Waals surface area contributed by atoms with E-state index >= 15 is 0 Å². The molecule has 3 atom stereocenters. The Morgan fingerprint density at radius 1 is 1.36 bits per heavy atom. The maximum Gasteiger partial charge on any atom is 0.320 e. The smallest absolute Gasteiger partial charge is 0.320 e. The van der Waals surface area contributed by atoms with Crippen molar-refractivity contribution in [2.24, 2.45) is 5.92 Å². The van der Waals surface area contributed by atoms with Crippen LogP contribution in [-0.2, 0) is 11.3 Å². The Labute approximate surface area is 145 Å². The van der Waals surface area contributed by atoms with Crippen LogP contribution in [0.5, 0.6) is 0 Å². The second-order valence-electron chi connectivity index (χ2n) is 7.00. The van der Waals surface area contributed by atoms with Gasteiger partial charge in [-0.05, 0) is 37.3 Å². The Morgan fingerprint density at radius 3 is 3.00 bits per heavy atom. The third-order valence-corrected chi connectivity index (χ3v) is 5.49. The van der Waals surface area contributed by atoms with E-state index in [1.165, 1.54) is 18.6 Å². The topological polar surface area (TPSA) is 66.6 Å². The van der Waals surface area contributed by atoms with Gasteiger partial charge in [0.15, 0.2) is 5.76 Å². The van der Waals surface area contributed by atoms with E-state index in [0.717, 1.165) is 19.3 Å². The molecule has 1 saturated carbocycles. The summed E-state index contributed by atoms with van der Waals surface area (Å²) in [5.41, 5.74) is 0.630. The van der Waals surface area contributed by atoms with Crippen LogP contribution in [0.15, 0.2) is 34.9 Å². The number of hydrogen-bond acceptors (Lipinski definition) is 4. The number of fused-ring (bicyclic) bond motifs is 1. The summed E-state index contributed by atoms with van der Waals surface area (Å²) in [5.74, 6) is 0.335. The standard InChI is InChI=1S/C19H21FN2O3/c20-14-6-3-5-13(8-14)17-10-21-18(25-17)11-22-15-7-2-1-4-12(15)9-16(22)19(23)24/h3,5-6,8,10,12,15-16H,1-2,4,7,9,11H2,(H,23,24). The minimum atomic E-state index is -0.772. The zero-order valence-electron chi connectivity index (χ0n) is 13.9. The molecule has 1 saturated heterocycles. The lowest BCUT2D eigenvalue weighted by Crippen LogP contribution is -2.41. The molecule has 0 bridgehead atoms. The average molecular weight is 344 g/mol. The van der Waals surface area contributed by atoms with Gasteiger partial charge in [-0.25, -0.2) is 9.37 Å². The summed E-state index contributed by atoms with van der Waals surface area (Å²) in [6.45, 7) is 0.382. The van der Waals surface area contributed by atoms with E-state index in [9.17, 15) is 14.3 Å². The summed E-state index contributed by atoms with van der Waals surface area (Å²) in [6, 6.07) is 5.99. The number of likely N-dealkylation sites (tertiary alicyclic amines) is 1. The van der Waals surface area contributed by atoms with Gasteiger partial charge in [0.1, 0.15) is 11.9 Å². The Kier molecular flexibility index (Phi) is 4.29. The lowest BCUT2D eigenvalue weighted by Gasteiger charge is -2.32. The van der Waals surface area contributed by atoms with Crippen LogP contribution >= 0.6 is 0 Å². The van der Waals surface area contributed by atoms with Gasteiger partial charge in [0.25, 0.3) is 0 Å². The highest BCUT2D eigenvalue weighted by atomic mass is 19.1. The van der Waals surface area contributed by atoms with E-state index in [2.05, 4.69) is 4.98 Å². The minimum Gasteiger partial charge on any atom is -0.480 e. The number of carboxylic acids is 1. The van der Waals surface area contributed by atoms with Gasteiger partial charge >= 0.3 is 5.97 Å². The lowest BCUT2D eigenvalue weighted by atomic mass is 9.85. The summed E-state index contributed by atoms with van der Waals surface area (Å²) in [4.78, 5) is 18.0. The van der Waals surface area contributed by atoms with Crippen LogP contribution in [0.4, 0.5) is 4.39 Å². The minimum absolute atomic E-state index is 0.291. The Hall–Kier alpha value is -2.21. The summed E-state index contributed by atoms with van der Waals surface area (Å²) >= 11 is 0. The van der Waals surface area contributed by atoms with Crippen molar-refractivity contribution in [3.05, 3.63) is 42.2 Å². The first-order chi connectivity index (χ1) is 12.1. The number of rotatable bonds is 4. The first-order valence-electron chi connectivity index (χ1n) is 8.81. The summed E-state index contributed by atoms with van der Waals surface area (Å²) < 4.78 is 19.2. The quantitative estimate of drug-likeness (QED) is 0.916. The van der Waals surface area contributed by atoms with Gasteiger partial charge in [0.05, 0.1) is 12.7 Å². The molecular formula is C19H21FN2O3. The molecule has 2 aliphatic rings. The van der Waals surface area contributed by atoms with Crippen LogP contribution in [0.25, 0.3) is 11.3 Å². The molecule has 2 heterocycles. The highest BCUT2D eigenvalue weighted by molar-refractivity contribution is 5.74. The summed E-state index contributed by atoms with van der Waals surface area (Å²) in [6.07, 6.45) is 6.75. The predicted octanol–water partition coefficient (Wildman–Crippen LogP) is 3.70. The van der Waals surface area contributed by atoms with Crippen molar-refractivity contribution in [1.82, 2.24) is 9.88 Å². The van der Waals surface area contributed by atoms with E-state index < -0.39 is 12.0 Å². The predicted molar refractivity (Wildman–Crippen MR) is 89.2 cm³/mol. The first kappa shape index (κ1) is 16.3. The van der Waals surface area contributed by atoms with Crippen LogP contribution in [-0.4, -0.2) is 33.0 Å². The molecule has 0 spiro atoms. The zero-order valence-corrected chi connectivity index (χ0v) is 13.9. The molecule has 1 aromatic carbocycles. The molecule has 25 heavy (non-hydrogen) atoms. The largest absolute Gasteiger partial charge is 0.480 e. The Balaban J connectivity index is 1.55. The maximum atomic E-state index is 13.4. The second-order valence-corrected chi connectivity index (χ2v) is 7.00. The van der Waals surface area contributed by atoms with Crippen molar-refractivity contribution in [1.29, 1.82) is 0 Å². The molecule has 2 aromatic rings. The van der Waals surface area contributed by atoms with Gasteiger partial charge in [-0.15, -0.1) is 0 Å². The van der Waals surface area contributed by atoms with Crippen molar-refractivity contribution in [3.63, 3.8) is 0 Å². The van der Waals surface area contributed by atoms with Crippen molar-refractivity contribution >= 4 is 5.97 Å². The van der Waals surface area contributed by atoms with Gasteiger partial charge in [-0.1, -0.05) is 25.0 Å². The molecule has 3 unspecified atom stereocenters. The fraction of sp³-hybridized carbons (Fsp3) is 0.474. The number of oxazole rings is 1.